The highest BCUT2D eigenvalue weighted by Gasteiger charge is 2.38. The van der Waals surface area contributed by atoms with Crippen LogP contribution in [0.15, 0.2) is 48.5 Å². The van der Waals surface area contributed by atoms with Crippen LogP contribution in [-0.2, 0) is 9.59 Å². The molecule has 1 aliphatic heterocycles. The van der Waals surface area contributed by atoms with Crippen molar-refractivity contribution in [2.45, 2.75) is 12.3 Å². The summed E-state index contributed by atoms with van der Waals surface area (Å²) in [5, 5.41) is 4.99. The number of nitrogens with one attached hydrogen (secondary N) is 2. The van der Waals surface area contributed by atoms with Crippen LogP contribution in [0.3, 0.4) is 0 Å². The average molecular weight is 330 g/mol. The number of hydrogen-bond donors (Lipinski definition) is 2. The van der Waals surface area contributed by atoms with E-state index in [-0.39, 0.29) is 11.6 Å². The van der Waals surface area contributed by atoms with E-state index in [1.807, 2.05) is 30.3 Å². The minimum Gasteiger partial charge on any atom is -0.355 e. The number of amides is 2. The van der Waals surface area contributed by atoms with Crippen LogP contribution in [0, 0.1) is 17.6 Å². The number of rotatable bonds is 3. The summed E-state index contributed by atoms with van der Waals surface area (Å²) in [7, 11) is 0. The van der Waals surface area contributed by atoms with Crippen LogP contribution in [0.2, 0.25) is 0 Å². The Kier molecular flexibility index (Phi) is 4.55. The van der Waals surface area contributed by atoms with Gasteiger partial charge in [0.25, 0.3) is 0 Å². The lowest BCUT2D eigenvalue weighted by Crippen LogP contribution is -2.46. The Hall–Kier alpha value is -2.76. The van der Waals surface area contributed by atoms with E-state index in [0.29, 0.717) is 13.0 Å². The van der Waals surface area contributed by atoms with Crippen LogP contribution < -0.4 is 10.6 Å². The molecule has 0 spiro atoms. The van der Waals surface area contributed by atoms with Crippen LogP contribution in [-0.4, -0.2) is 18.4 Å². The normalized spacial score (nSPS) is 20.3. The summed E-state index contributed by atoms with van der Waals surface area (Å²) in [4.78, 5) is 24.8. The molecule has 1 aliphatic rings. The first-order valence-corrected chi connectivity index (χ1v) is 7.65. The van der Waals surface area contributed by atoms with Crippen LogP contribution in [0.1, 0.15) is 17.9 Å². The molecule has 124 valence electrons. The molecule has 3 rings (SSSR count). The first-order valence-electron chi connectivity index (χ1n) is 7.65. The van der Waals surface area contributed by atoms with Gasteiger partial charge in [-0.3, -0.25) is 9.59 Å². The summed E-state index contributed by atoms with van der Waals surface area (Å²) in [6, 6.07) is 12.7. The molecule has 1 fully saturated rings. The quantitative estimate of drug-likeness (QED) is 0.850. The third kappa shape index (κ3) is 3.13. The summed E-state index contributed by atoms with van der Waals surface area (Å²) >= 11 is 0. The molecular weight excluding hydrogens is 314 g/mol. The van der Waals surface area contributed by atoms with Crippen molar-refractivity contribution in [3.8, 4) is 0 Å². The fourth-order valence-corrected chi connectivity index (χ4v) is 2.98. The maximum atomic E-state index is 13.8. The maximum Gasteiger partial charge on any atom is 0.237 e. The summed E-state index contributed by atoms with van der Waals surface area (Å²) in [5.74, 6) is -4.56. The lowest BCUT2D eigenvalue weighted by molar-refractivity contribution is -0.135. The van der Waals surface area contributed by atoms with Gasteiger partial charge in [-0.1, -0.05) is 36.4 Å². The monoisotopic (exact) mass is 330 g/mol. The minimum absolute atomic E-state index is 0.273. The molecule has 2 N–H and O–H groups in total. The molecule has 2 amide bonds. The van der Waals surface area contributed by atoms with Gasteiger partial charge < -0.3 is 10.6 Å². The Labute approximate surface area is 137 Å². The predicted molar refractivity (Wildman–Crippen MR) is 85.3 cm³/mol. The summed E-state index contributed by atoms with van der Waals surface area (Å²) in [6.45, 7) is 0.469. The maximum absolute atomic E-state index is 13.8. The van der Waals surface area contributed by atoms with Crippen LogP contribution in [0.25, 0.3) is 0 Å². The lowest BCUT2D eigenvalue weighted by atomic mass is 9.80. The van der Waals surface area contributed by atoms with Gasteiger partial charge in [0.05, 0.1) is 5.69 Å². The number of carbonyl (C=O) groups is 2. The Morgan fingerprint density at radius 3 is 2.58 bits per heavy atom. The van der Waals surface area contributed by atoms with Gasteiger partial charge in [0.1, 0.15) is 5.92 Å². The van der Waals surface area contributed by atoms with E-state index < -0.39 is 29.4 Å². The van der Waals surface area contributed by atoms with E-state index in [1.165, 1.54) is 12.1 Å². The third-order valence-corrected chi connectivity index (χ3v) is 4.16. The number of piperidine rings is 1. The first kappa shape index (κ1) is 16.1. The van der Waals surface area contributed by atoms with E-state index in [2.05, 4.69) is 10.6 Å². The van der Waals surface area contributed by atoms with E-state index >= 15 is 0 Å². The highest BCUT2D eigenvalue weighted by Crippen LogP contribution is 2.32. The smallest absolute Gasteiger partial charge is 0.237 e. The highest BCUT2D eigenvalue weighted by atomic mass is 19.2. The molecule has 1 heterocycles. The molecule has 2 aromatic carbocycles. The molecule has 4 nitrogen and oxygen atoms in total. The molecular formula is C18H16F2N2O2. The topological polar surface area (TPSA) is 58.2 Å². The molecule has 0 bridgehead atoms. The van der Waals surface area contributed by atoms with Gasteiger partial charge in [0.2, 0.25) is 11.8 Å². The zero-order valence-corrected chi connectivity index (χ0v) is 12.8. The Balaban J connectivity index is 1.87. The fraction of sp³-hybridized carbons (Fsp3) is 0.222. The van der Waals surface area contributed by atoms with Crippen molar-refractivity contribution in [1.82, 2.24) is 5.32 Å². The standard InChI is InChI=1S/C18H16F2N2O2/c19-13-7-4-8-14(16(13)20)22-18(24)15-12(9-10-21-17(15)23)11-5-2-1-3-6-11/h1-8,12,15H,9-10H2,(H,21,23)(H,22,24). The number of carbonyl (C=O) groups excluding carboxylic acids is 2. The summed E-state index contributed by atoms with van der Waals surface area (Å²) in [5.41, 5.74) is 0.595. The molecule has 24 heavy (non-hydrogen) atoms. The van der Waals surface area contributed by atoms with Crippen molar-refractivity contribution in [3.05, 3.63) is 65.7 Å². The zero-order chi connectivity index (χ0) is 17.1. The van der Waals surface area contributed by atoms with E-state index in [0.717, 1.165) is 11.6 Å². The second-order valence-corrected chi connectivity index (χ2v) is 5.67. The van der Waals surface area contributed by atoms with Crippen LogP contribution in [0.5, 0.6) is 0 Å². The number of anilines is 1. The Bertz CT molecular complexity index is 765. The summed E-state index contributed by atoms with van der Waals surface area (Å²) < 4.78 is 27.0. The first-order chi connectivity index (χ1) is 11.6. The number of benzene rings is 2. The van der Waals surface area contributed by atoms with E-state index in [9.17, 15) is 18.4 Å². The average Bonchev–Trinajstić information content (AvgIpc) is 2.59. The van der Waals surface area contributed by atoms with Crippen molar-refractivity contribution >= 4 is 17.5 Å². The SMILES string of the molecule is O=C1NCCC(c2ccccc2)C1C(=O)Nc1cccc(F)c1F. The van der Waals surface area contributed by atoms with Gasteiger partial charge in [-0.15, -0.1) is 0 Å². The number of halogens is 2. The number of hydrogen-bond acceptors (Lipinski definition) is 2. The molecule has 0 saturated carbocycles. The second-order valence-electron chi connectivity index (χ2n) is 5.67. The third-order valence-electron chi connectivity index (χ3n) is 4.16. The Morgan fingerprint density at radius 1 is 1.08 bits per heavy atom. The van der Waals surface area contributed by atoms with E-state index in [4.69, 9.17) is 0 Å². The summed E-state index contributed by atoms with van der Waals surface area (Å²) in [6.07, 6.45) is 0.597. The molecule has 0 aliphatic carbocycles. The van der Waals surface area contributed by atoms with Gasteiger partial charge in [0, 0.05) is 12.5 Å². The highest BCUT2D eigenvalue weighted by molar-refractivity contribution is 6.07. The van der Waals surface area contributed by atoms with Gasteiger partial charge in [0.15, 0.2) is 11.6 Å². The Morgan fingerprint density at radius 2 is 1.83 bits per heavy atom. The largest absolute Gasteiger partial charge is 0.355 e. The molecule has 1 saturated heterocycles. The van der Waals surface area contributed by atoms with Crippen molar-refractivity contribution < 1.29 is 18.4 Å². The predicted octanol–water partition coefficient (Wildman–Crippen LogP) is 2.82. The fourth-order valence-electron chi connectivity index (χ4n) is 2.98. The van der Waals surface area contributed by atoms with Crippen molar-refractivity contribution in [2.24, 2.45) is 5.92 Å². The van der Waals surface area contributed by atoms with Crippen molar-refractivity contribution in [3.63, 3.8) is 0 Å². The van der Waals surface area contributed by atoms with Gasteiger partial charge in [-0.05, 0) is 24.1 Å². The van der Waals surface area contributed by atoms with Gasteiger partial charge >= 0.3 is 0 Å². The van der Waals surface area contributed by atoms with Crippen LogP contribution in [0.4, 0.5) is 14.5 Å². The lowest BCUT2D eigenvalue weighted by Gasteiger charge is -2.30. The van der Waals surface area contributed by atoms with Crippen molar-refractivity contribution in [1.29, 1.82) is 0 Å². The zero-order valence-electron chi connectivity index (χ0n) is 12.8. The molecule has 0 aromatic heterocycles. The molecule has 2 unspecified atom stereocenters. The molecule has 6 heteroatoms. The van der Waals surface area contributed by atoms with Crippen molar-refractivity contribution in [2.75, 3.05) is 11.9 Å². The van der Waals surface area contributed by atoms with Gasteiger partial charge in [-0.2, -0.15) is 0 Å². The van der Waals surface area contributed by atoms with Gasteiger partial charge in [-0.25, -0.2) is 8.78 Å². The minimum atomic E-state index is -1.14. The van der Waals surface area contributed by atoms with Crippen LogP contribution >= 0.6 is 0 Å². The van der Waals surface area contributed by atoms with E-state index in [1.54, 1.807) is 0 Å². The molecule has 0 radical (unpaired) electrons. The molecule has 2 atom stereocenters. The second kappa shape index (κ2) is 6.78. The molecule has 2 aromatic rings.